The average molecular weight is 176 g/mol. The van der Waals surface area contributed by atoms with E-state index < -0.39 is 0 Å². The molecule has 0 heterocycles. The number of nitrogens with zero attached hydrogens (tertiary/aromatic N) is 1. The van der Waals surface area contributed by atoms with Crippen LogP contribution in [0.3, 0.4) is 0 Å². The van der Waals surface area contributed by atoms with Gasteiger partial charge in [0.25, 0.3) is 0 Å². The van der Waals surface area contributed by atoms with Crippen LogP contribution in [-0.2, 0) is 0 Å². The fourth-order valence-electron chi connectivity index (χ4n) is 0.431. The predicted octanol–water partition coefficient (Wildman–Crippen LogP) is 1.39. The summed E-state index contributed by atoms with van der Waals surface area (Å²) in [6, 6.07) is 0. The van der Waals surface area contributed by atoms with E-state index in [1.54, 1.807) is 0 Å². The van der Waals surface area contributed by atoms with Gasteiger partial charge in [0.2, 0.25) is 0 Å². The Hall–Kier alpha value is 1.01. The number of thiocarbonyl (C=S) groups is 1. The monoisotopic (exact) mass is 175 g/mol. The zero-order valence-electron chi connectivity index (χ0n) is 7.92. The van der Waals surface area contributed by atoms with Gasteiger partial charge in [-0.05, 0) is 6.42 Å². The first-order chi connectivity index (χ1) is 3.68. The molecule has 0 aliphatic carbocycles. The van der Waals surface area contributed by atoms with Gasteiger partial charge in [-0.3, -0.25) is 0 Å². The Morgan fingerprint density at radius 1 is 1.78 bits per heavy atom. The van der Waals surface area contributed by atoms with Crippen molar-refractivity contribution >= 4 is 52.2 Å². The molecule has 0 rings (SSSR count). The first kappa shape index (κ1) is 12.7. The van der Waals surface area contributed by atoms with Crippen molar-refractivity contribution in [2.24, 2.45) is 0 Å². The van der Waals surface area contributed by atoms with Crippen molar-refractivity contribution in [3.63, 3.8) is 0 Å². The van der Waals surface area contributed by atoms with E-state index in [0.717, 1.165) is 13.0 Å². The third-order valence-corrected chi connectivity index (χ3v) is 1.54. The first-order valence-corrected chi connectivity index (χ1v) is 3.48. The Bertz CT molecular complexity index is 94.6. The van der Waals surface area contributed by atoms with Crippen LogP contribution in [0.4, 0.5) is 0 Å². The van der Waals surface area contributed by atoms with Crippen molar-refractivity contribution in [1.29, 1.82) is 0 Å². The van der Waals surface area contributed by atoms with E-state index >= 15 is 0 Å². The second kappa shape index (κ2) is 7.12. The summed E-state index contributed by atoms with van der Waals surface area (Å²) in [4.78, 5) is 1.94. The molecule has 0 fully saturated rings. The van der Waals surface area contributed by atoms with Crippen molar-refractivity contribution in [2.45, 2.75) is 13.3 Å². The largest absolute Gasteiger partial charge is 2.00 e. The molecule has 0 aromatic carbocycles. The van der Waals surface area contributed by atoms with Crippen molar-refractivity contribution in [3.8, 4) is 0 Å². The van der Waals surface area contributed by atoms with E-state index in [9.17, 15) is 0 Å². The summed E-state index contributed by atoms with van der Waals surface area (Å²) in [7, 11) is 1.94. The van der Waals surface area contributed by atoms with Crippen LogP contribution in [0.15, 0.2) is 0 Å². The standard InChI is InChI=1S/C5H11NS2.Mg.2H/c1-3-4-6(2)5(7)8;;;/h3-4H2,1-2H3,(H,7,8);;;/q;+2;2*-1. The van der Waals surface area contributed by atoms with Crippen LogP contribution in [0.2, 0.25) is 0 Å². The van der Waals surface area contributed by atoms with Crippen molar-refractivity contribution in [3.05, 3.63) is 0 Å². The third kappa shape index (κ3) is 6.90. The Labute approximate surface area is 86.7 Å². The molecular formula is C5H13MgNS2. The molecule has 0 spiro atoms. The quantitative estimate of drug-likeness (QED) is 0.384. The molecular weight excluding hydrogens is 163 g/mol. The van der Waals surface area contributed by atoms with Gasteiger partial charge in [-0.2, -0.15) is 0 Å². The third-order valence-electron chi connectivity index (χ3n) is 0.886. The second-order valence-corrected chi connectivity index (χ2v) is 2.82. The van der Waals surface area contributed by atoms with Gasteiger partial charge in [0.15, 0.2) is 0 Å². The smallest absolute Gasteiger partial charge is 1.00 e. The van der Waals surface area contributed by atoms with Crippen LogP contribution in [0.1, 0.15) is 16.2 Å². The van der Waals surface area contributed by atoms with Gasteiger partial charge in [0.05, 0.1) is 0 Å². The topological polar surface area (TPSA) is 3.24 Å². The van der Waals surface area contributed by atoms with Crippen molar-refractivity contribution < 1.29 is 2.85 Å². The molecule has 0 radical (unpaired) electrons. The molecule has 0 atom stereocenters. The minimum Gasteiger partial charge on any atom is -1.00 e. The van der Waals surface area contributed by atoms with Crippen LogP contribution in [0.25, 0.3) is 0 Å². The minimum absolute atomic E-state index is 0. The molecule has 0 amide bonds. The van der Waals surface area contributed by atoms with E-state index in [1.807, 2.05) is 11.9 Å². The van der Waals surface area contributed by atoms with Gasteiger partial charge >= 0.3 is 23.1 Å². The maximum Gasteiger partial charge on any atom is 2.00 e. The molecule has 52 valence electrons. The Morgan fingerprint density at radius 2 is 2.22 bits per heavy atom. The van der Waals surface area contributed by atoms with Gasteiger partial charge in [0.1, 0.15) is 4.32 Å². The maximum absolute atomic E-state index is 4.77. The number of rotatable bonds is 2. The van der Waals surface area contributed by atoms with Crippen LogP contribution < -0.4 is 0 Å². The molecule has 0 aromatic rings. The summed E-state index contributed by atoms with van der Waals surface area (Å²) in [6.07, 6.45) is 1.12. The van der Waals surface area contributed by atoms with Gasteiger partial charge in [-0.25, -0.2) is 0 Å². The summed E-state index contributed by atoms with van der Waals surface area (Å²) in [5.41, 5.74) is 0. The summed E-state index contributed by atoms with van der Waals surface area (Å²) in [5, 5.41) is 0. The summed E-state index contributed by atoms with van der Waals surface area (Å²) >= 11 is 8.76. The SMILES string of the molecule is CCCN(C)C(=S)S.[H-].[H-].[Mg+2]. The fraction of sp³-hybridized carbons (Fsp3) is 0.800. The van der Waals surface area contributed by atoms with Crippen LogP contribution in [-0.4, -0.2) is 45.9 Å². The molecule has 0 saturated heterocycles. The minimum atomic E-state index is 0. The Kier molecular flexibility index (Phi) is 10.0. The zero-order valence-corrected chi connectivity index (χ0v) is 9.05. The van der Waals surface area contributed by atoms with Crippen LogP contribution in [0, 0.1) is 0 Å². The number of hydrogen-bond acceptors (Lipinski definition) is 1. The molecule has 9 heavy (non-hydrogen) atoms. The van der Waals surface area contributed by atoms with Gasteiger partial charge in [0, 0.05) is 13.6 Å². The summed E-state index contributed by atoms with van der Waals surface area (Å²) < 4.78 is 0.673. The predicted molar refractivity (Wildman–Crippen MR) is 52.5 cm³/mol. The molecule has 4 heteroatoms. The first-order valence-electron chi connectivity index (χ1n) is 2.62. The molecule has 0 N–H and O–H groups in total. The average Bonchev–Trinajstić information content (AvgIpc) is 1.67. The Morgan fingerprint density at radius 3 is 2.33 bits per heavy atom. The molecule has 0 aliphatic heterocycles. The summed E-state index contributed by atoms with van der Waals surface area (Å²) in [6.45, 7) is 3.12. The van der Waals surface area contributed by atoms with E-state index in [1.165, 1.54) is 0 Å². The normalized spacial score (nSPS) is 7.89. The molecule has 0 aliphatic rings. The van der Waals surface area contributed by atoms with E-state index in [-0.39, 0.29) is 25.9 Å². The zero-order chi connectivity index (χ0) is 6.57. The maximum atomic E-state index is 4.77. The van der Waals surface area contributed by atoms with Gasteiger partial charge in [-0.1, -0.05) is 19.1 Å². The van der Waals surface area contributed by atoms with Crippen LogP contribution in [0.5, 0.6) is 0 Å². The molecule has 1 nitrogen and oxygen atoms in total. The van der Waals surface area contributed by atoms with Crippen molar-refractivity contribution in [2.75, 3.05) is 13.6 Å². The van der Waals surface area contributed by atoms with E-state index in [2.05, 4.69) is 19.6 Å². The van der Waals surface area contributed by atoms with Gasteiger partial charge < -0.3 is 7.75 Å². The summed E-state index contributed by atoms with van der Waals surface area (Å²) in [5.74, 6) is 0. The Balaban J connectivity index is -0.0000000817. The fourth-order valence-corrected chi connectivity index (χ4v) is 0.622. The number of hydrogen-bond donors (Lipinski definition) is 1. The van der Waals surface area contributed by atoms with Crippen LogP contribution >= 0.6 is 24.8 Å². The molecule has 0 unspecified atom stereocenters. The second-order valence-electron chi connectivity index (χ2n) is 1.70. The molecule has 0 saturated carbocycles. The van der Waals surface area contributed by atoms with Gasteiger partial charge in [-0.15, -0.1) is 12.6 Å². The number of thiol groups is 1. The van der Waals surface area contributed by atoms with E-state index in [0.29, 0.717) is 4.32 Å². The van der Waals surface area contributed by atoms with Crippen molar-refractivity contribution in [1.82, 2.24) is 4.90 Å². The molecule has 0 aromatic heterocycles. The molecule has 0 bridgehead atoms. The van der Waals surface area contributed by atoms with E-state index in [4.69, 9.17) is 12.2 Å².